The molecule has 1 unspecified atom stereocenters. The van der Waals surface area contributed by atoms with Gasteiger partial charge in [0.25, 0.3) is 0 Å². The van der Waals surface area contributed by atoms with Crippen LogP contribution < -0.4 is 5.32 Å². The molecule has 0 aromatic rings. The normalized spacial score (nSPS) is 25.7. The van der Waals surface area contributed by atoms with Gasteiger partial charge in [-0.05, 0) is 50.9 Å². The monoisotopic (exact) mass is 209 g/mol. The molecule has 2 heteroatoms. The first-order valence-corrected chi connectivity index (χ1v) is 6.30. The minimum atomic E-state index is -0.374. The van der Waals surface area contributed by atoms with Gasteiger partial charge in [0.2, 0.25) is 0 Å². The number of nitrogens with one attached hydrogen (secondary N) is 1. The maximum atomic E-state index is 10.0. The predicted molar refractivity (Wildman–Crippen MR) is 62.7 cm³/mol. The summed E-state index contributed by atoms with van der Waals surface area (Å²) in [5.74, 6) is 0.869. The van der Waals surface area contributed by atoms with E-state index in [1.807, 2.05) is 6.08 Å². The minimum Gasteiger partial charge on any atom is -0.389 e. The van der Waals surface area contributed by atoms with E-state index < -0.39 is 0 Å². The summed E-state index contributed by atoms with van der Waals surface area (Å²) in [5.41, 5.74) is -0.374. The molecule has 86 valence electrons. The van der Waals surface area contributed by atoms with Gasteiger partial charge in [0, 0.05) is 12.6 Å². The van der Waals surface area contributed by atoms with E-state index in [-0.39, 0.29) is 5.60 Å². The number of rotatable bonds is 7. The average molecular weight is 209 g/mol. The zero-order chi connectivity index (χ0) is 10.7. The highest BCUT2D eigenvalue weighted by atomic mass is 16.3. The van der Waals surface area contributed by atoms with Crippen LogP contribution in [0.4, 0.5) is 0 Å². The van der Waals surface area contributed by atoms with Gasteiger partial charge in [0.1, 0.15) is 0 Å². The Hall–Kier alpha value is -0.340. The molecular formula is C13H23NO. The van der Waals surface area contributed by atoms with Gasteiger partial charge in [-0.15, -0.1) is 6.58 Å². The van der Waals surface area contributed by atoms with Crippen LogP contribution in [0.1, 0.15) is 44.9 Å². The first-order chi connectivity index (χ1) is 7.23. The lowest BCUT2D eigenvalue weighted by atomic mass is 9.80. The van der Waals surface area contributed by atoms with E-state index in [4.69, 9.17) is 0 Å². The molecule has 2 N–H and O–H groups in total. The molecule has 0 aromatic carbocycles. The van der Waals surface area contributed by atoms with Crippen LogP contribution >= 0.6 is 0 Å². The van der Waals surface area contributed by atoms with Crippen molar-refractivity contribution in [1.82, 2.24) is 5.32 Å². The molecule has 0 bridgehead atoms. The smallest absolute Gasteiger partial charge is 0.0771 e. The Morgan fingerprint density at radius 1 is 1.47 bits per heavy atom. The highest BCUT2D eigenvalue weighted by Gasteiger charge is 2.37. The Morgan fingerprint density at radius 2 is 2.20 bits per heavy atom. The molecule has 2 aliphatic carbocycles. The molecule has 2 aliphatic rings. The first-order valence-electron chi connectivity index (χ1n) is 6.30. The number of allylic oxidation sites excluding steroid dienone is 1. The molecular weight excluding hydrogens is 186 g/mol. The molecule has 0 spiro atoms. The van der Waals surface area contributed by atoms with Crippen molar-refractivity contribution in [3.63, 3.8) is 0 Å². The number of hydrogen-bond donors (Lipinski definition) is 2. The van der Waals surface area contributed by atoms with Crippen molar-refractivity contribution in [3.05, 3.63) is 12.7 Å². The zero-order valence-electron chi connectivity index (χ0n) is 9.54. The number of aliphatic hydroxyl groups is 1. The van der Waals surface area contributed by atoms with E-state index in [1.165, 1.54) is 25.7 Å². The van der Waals surface area contributed by atoms with Crippen molar-refractivity contribution in [2.75, 3.05) is 6.54 Å². The Morgan fingerprint density at radius 3 is 2.67 bits per heavy atom. The van der Waals surface area contributed by atoms with E-state index >= 15 is 0 Å². The molecule has 1 atom stereocenters. The van der Waals surface area contributed by atoms with Crippen LogP contribution in [-0.4, -0.2) is 23.3 Å². The second-order valence-corrected chi connectivity index (χ2v) is 5.27. The first kappa shape index (κ1) is 11.2. The van der Waals surface area contributed by atoms with Gasteiger partial charge in [-0.3, -0.25) is 0 Å². The Balaban J connectivity index is 1.71. The quantitative estimate of drug-likeness (QED) is 0.630. The molecule has 2 saturated carbocycles. The molecule has 0 aromatic heterocycles. The summed E-state index contributed by atoms with van der Waals surface area (Å²) in [5, 5.41) is 13.6. The standard InChI is InChI=1S/C13H23NO/c1-2-3-5-12(11-6-7-11)14-10-13(15)8-4-9-13/h2,11-12,14-15H,1,3-10H2. The van der Waals surface area contributed by atoms with Gasteiger partial charge in [-0.25, -0.2) is 0 Å². The van der Waals surface area contributed by atoms with Gasteiger partial charge >= 0.3 is 0 Å². The van der Waals surface area contributed by atoms with E-state index in [9.17, 15) is 5.11 Å². The van der Waals surface area contributed by atoms with Gasteiger partial charge in [-0.1, -0.05) is 6.08 Å². The summed E-state index contributed by atoms with van der Waals surface area (Å²) in [7, 11) is 0. The van der Waals surface area contributed by atoms with E-state index in [1.54, 1.807) is 0 Å². The lowest BCUT2D eigenvalue weighted by Crippen LogP contribution is -2.49. The summed E-state index contributed by atoms with van der Waals surface area (Å²) in [6, 6.07) is 0.618. The van der Waals surface area contributed by atoms with Crippen LogP contribution in [0.2, 0.25) is 0 Å². The largest absolute Gasteiger partial charge is 0.389 e. The summed E-state index contributed by atoms with van der Waals surface area (Å²) in [6.45, 7) is 4.57. The van der Waals surface area contributed by atoms with Gasteiger partial charge in [0.05, 0.1) is 5.60 Å². The second kappa shape index (κ2) is 4.67. The third-order valence-electron chi connectivity index (χ3n) is 3.85. The van der Waals surface area contributed by atoms with E-state index in [0.717, 1.165) is 31.7 Å². The van der Waals surface area contributed by atoms with Crippen LogP contribution in [0, 0.1) is 5.92 Å². The number of hydrogen-bond acceptors (Lipinski definition) is 2. The Labute approximate surface area is 92.8 Å². The zero-order valence-corrected chi connectivity index (χ0v) is 9.54. The molecule has 0 radical (unpaired) electrons. The molecule has 2 rings (SSSR count). The van der Waals surface area contributed by atoms with Crippen LogP contribution in [0.3, 0.4) is 0 Å². The lowest BCUT2D eigenvalue weighted by Gasteiger charge is -2.38. The lowest BCUT2D eigenvalue weighted by molar-refractivity contribution is -0.0338. The summed E-state index contributed by atoms with van der Waals surface area (Å²) in [6.07, 6.45) is 10.2. The molecule has 15 heavy (non-hydrogen) atoms. The maximum Gasteiger partial charge on any atom is 0.0771 e. The van der Waals surface area contributed by atoms with Crippen molar-refractivity contribution in [2.24, 2.45) is 5.92 Å². The van der Waals surface area contributed by atoms with Gasteiger partial charge in [-0.2, -0.15) is 0 Å². The fourth-order valence-corrected chi connectivity index (χ4v) is 2.38. The molecule has 0 heterocycles. The highest BCUT2D eigenvalue weighted by molar-refractivity contribution is 4.94. The van der Waals surface area contributed by atoms with Crippen molar-refractivity contribution in [2.45, 2.75) is 56.6 Å². The molecule has 2 fully saturated rings. The van der Waals surface area contributed by atoms with Crippen molar-refractivity contribution >= 4 is 0 Å². The highest BCUT2D eigenvalue weighted by Crippen LogP contribution is 2.36. The van der Waals surface area contributed by atoms with Crippen LogP contribution in [0.25, 0.3) is 0 Å². The van der Waals surface area contributed by atoms with Crippen LogP contribution in [-0.2, 0) is 0 Å². The summed E-state index contributed by atoms with van der Waals surface area (Å²) in [4.78, 5) is 0. The van der Waals surface area contributed by atoms with Crippen LogP contribution in [0.5, 0.6) is 0 Å². The van der Waals surface area contributed by atoms with Gasteiger partial charge in [0.15, 0.2) is 0 Å². The van der Waals surface area contributed by atoms with Crippen molar-refractivity contribution in [3.8, 4) is 0 Å². The fourth-order valence-electron chi connectivity index (χ4n) is 2.38. The maximum absolute atomic E-state index is 10.0. The molecule has 2 nitrogen and oxygen atoms in total. The SMILES string of the molecule is C=CCCC(NCC1(O)CCC1)C1CC1. The Bertz CT molecular complexity index is 219. The van der Waals surface area contributed by atoms with Crippen LogP contribution in [0.15, 0.2) is 12.7 Å². The predicted octanol–water partition coefficient (Wildman–Crippen LogP) is 2.24. The summed E-state index contributed by atoms with van der Waals surface area (Å²) < 4.78 is 0. The van der Waals surface area contributed by atoms with E-state index in [2.05, 4.69) is 11.9 Å². The topological polar surface area (TPSA) is 32.3 Å². The average Bonchev–Trinajstić information content (AvgIpc) is 2.99. The molecule has 0 saturated heterocycles. The van der Waals surface area contributed by atoms with Crippen molar-refractivity contribution in [1.29, 1.82) is 0 Å². The second-order valence-electron chi connectivity index (χ2n) is 5.27. The molecule has 0 aliphatic heterocycles. The fraction of sp³-hybridized carbons (Fsp3) is 0.846. The van der Waals surface area contributed by atoms with Crippen molar-refractivity contribution < 1.29 is 5.11 Å². The molecule has 0 amide bonds. The minimum absolute atomic E-state index is 0.374. The Kier molecular flexibility index (Phi) is 3.47. The third-order valence-corrected chi connectivity index (χ3v) is 3.85. The third kappa shape index (κ3) is 3.05. The van der Waals surface area contributed by atoms with E-state index in [0.29, 0.717) is 6.04 Å². The summed E-state index contributed by atoms with van der Waals surface area (Å²) >= 11 is 0. The van der Waals surface area contributed by atoms with Gasteiger partial charge < -0.3 is 10.4 Å².